The molecule has 0 fully saturated rings. The molecule has 0 unspecified atom stereocenters. The summed E-state index contributed by atoms with van der Waals surface area (Å²) in [7, 11) is 0. The molecule has 0 saturated carbocycles. The van der Waals surface area contributed by atoms with E-state index in [0.717, 1.165) is 40.2 Å². The van der Waals surface area contributed by atoms with Gasteiger partial charge in [0.2, 0.25) is 5.91 Å². The third-order valence-corrected chi connectivity index (χ3v) is 5.49. The van der Waals surface area contributed by atoms with Crippen LogP contribution in [0.15, 0.2) is 90.0 Å². The Morgan fingerprint density at radius 1 is 1.09 bits per heavy atom. The smallest absolute Gasteiger partial charge is 0.243 e. The summed E-state index contributed by atoms with van der Waals surface area (Å²) in [6.45, 7) is 1.55. The van der Waals surface area contributed by atoms with Crippen LogP contribution in [0.1, 0.15) is 6.42 Å². The largest absolute Gasteiger partial charge is 0.489 e. The minimum absolute atomic E-state index is 0.0608. The molecule has 0 aliphatic carbocycles. The fourth-order valence-electron chi connectivity index (χ4n) is 3.75. The standard InChI is InChI=1S/C26H23N5O2/c32-25-17-31-13-9-19(10-14-31)11-15-33-21-7-8-24-22(16-21)26(29-18-28-24)30-23-6-2-1-4-20(23)5-3-12-27-25/h1-9,11-13,16,18H,10,14-15,17H2,(H,27,32)/b12-3-,19-11+,20-5-,30-23-. The van der Waals surface area contributed by atoms with Gasteiger partial charge in [-0.1, -0.05) is 24.3 Å². The van der Waals surface area contributed by atoms with Crippen molar-refractivity contribution in [3.63, 3.8) is 0 Å². The number of amides is 1. The highest BCUT2D eigenvalue weighted by atomic mass is 16.5. The van der Waals surface area contributed by atoms with E-state index in [9.17, 15) is 4.79 Å². The summed E-state index contributed by atoms with van der Waals surface area (Å²) in [6, 6.07) is 13.6. The number of para-hydroxylation sites is 1. The number of nitrogens with one attached hydrogen (secondary N) is 1. The van der Waals surface area contributed by atoms with Crippen molar-refractivity contribution in [2.45, 2.75) is 6.42 Å². The van der Waals surface area contributed by atoms with Gasteiger partial charge >= 0.3 is 0 Å². The Morgan fingerprint density at radius 3 is 2.94 bits per heavy atom. The predicted molar refractivity (Wildman–Crippen MR) is 127 cm³/mol. The molecule has 1 aromatic heterocycles. The van der Waals surface area contributed by atoms with Gasteiger partial charge in [-0.25, -0.2) is 15.0 Å². The number of hydrogen-bond donors (Lipinski definition) is 1. The fraction of sp³-hybridized carbons (Fsp3) is 0.154. The number of benzene rings is 2. The van der Waals surface area contributed by atoms with Crippen molar-refractivity contribution < 1.29 is 9.53 Å². The molecule has 4 heterocycles. The Labute approximate surface area is 191 Å². The first-order chi connectivity index (χ1) is 16.2. The maximum Gasteiger partial charge on any atom is 0.243 e. The van der Waals surface area contributed by atoms with E-state index in [2.05, 4.69) is 21.4 Å². The van der Waals surface area contributed by atoms with Crippen molar-refractivity contribution in [1.82, 2.24) is 20.2 Å². The summed E-state index contributed by atoms with van der Waals surface area (Å²) >= 11 is 0. The van der Waals surface area contributed by atoms with E-state index in [4.69, 9.17) is 9.73 Å². The van der Waals surface area contributed by atoms with Gasteiger partial charge in [0.1, 0.15) is 18.7 Å². The second kappa shape index (κ2) is 9.48. The number of allylic oxidation sites excluding steroid dienone is 2. The van der Waals surface area contributed by atoms with Crippen LogP contribution in [0.4, 0.5) is 5.82 Å². The molecule has 2 aromatic carbocycles. The molecule has 3 aliphatic rings. The summed E-state index contributed by atoms with van der Waals surface area (Å²) in [5, 5.41) is 5.33. The lowest BCUT2D eigenvalue weighted by atomic mass is 10.1. The molecule has 7 heteroatoms. The molecular weight excluding hydrogens is 414 g/mol. The van der Waals surface area contributed by atoms with Gasteiger partial charge < -0.3 is 15.0 Å². The molecule has 0 radical (unpaired) electrons. The van der Waals surface area contributed by atoms with Gasteiger partial charge in [-0.2, -0.15) is 0 Å². The van der Waals surface area contributed by atoms with Gasteiger partial charge in [-0.05, 0) is 60.7 Å². The van der Waals surface area contributed by atoms with Gasteiger partial charge in [0.25, 0.3) is 0 Å². The fourth-order valence-corrected chi connectivity index (χ4v) is 3.75. The van der Waals surface area contributed by atoms with E-state index in [0.29, 0.717) is 19.0 Å². The van der Waals surface area contributed by atoms with Crippen molar-refractivity contribution in [2.75, 3.05) is 19.7 Å². The van der Waals surface area contributed by atoms with Crippen LogP contribution >= 0.6 is 0 Å². The van der Waals surface area contributed by atoms with Crippen molar-refractivity contribution in [3.8, 4) is 5.75 Å². The Bertz CT molecular complexity index is 1410. The summed E-state index contributed by atoms with van der Waals surface area (Å²) in [6.07, 6.45) is 13.8. The van der Waals surface area contributed by atoms with Crippen LogP contribution in [0.2, 0.25) is 0 Å². The van der Waals surface area contributed by atoms with Gasteiger partial charge in [0.15, 0.2) is 5.82 Å². The Morgan fingerprint density at radius 2 is 2.03 bits per heavy atom. The average molecular weight is 438 g/mol. The van der Waals surface area contributed by atoms with Crippen LogP contribution in [0, 0.1) is 0 Å². The Balaban J connectivity index is 1.60. The highest BCUT2D eigenvalue weighted by Gasteiger charge is 2.11. The zero-order valence-electron chi connectivity index (χ0n) is 18.0. The zero-order chi connectivity index (χ0) is 22.5. The number of hydrogen-bond acceptors (Lipinski definition) is 6. The van der Waals surface area contributed by atoms with Crippen LogP contribution in [-0.2, 0) is 4.79 Å². The van der Waals surface area contributed by atoms with E-state index in [1.807, 2.05) is 71.8 Å². The first kappa shape index (κ1) is 20.6. The van der Waals surface area contributed by atoms with Gasteiger partial charge in [0, 0.05) is 23.3 Å². The molecule has 4 bridgehead atoms. The van der Waals surface area contributed by atoms with Crippen LogP contribution in [0.25, 0.3) is 17.0 Å². The van der Waals surface area contributed by atoms with E-state index < -0.39 is 0 Å². The van der Waals surface area contributed by atoms with Crippen LogP contribution in [0.5, 0.6) is 5.75 Å². The summed E-state index contributed by atoms with van der Waals surface area (Å²) in [5.41, 5.74) is 1.99. The van der Waals surface area contributed by atoms with Crippen LogP contribution in [0.3, 0.4) is 0 Å². The molecule has 6 rings (SSSR count). The predicted octanol–water partition coefficient (Wildman–Crippen LogP) is 2.53. The first-order valence-corrected chi connectivity index (χ1v) is 10.8. The highest BCUT2D eigenvalue weighted by Crippen LogP contribution is 2.26. The maximum atomic E-state index is 12.3. The normalized spacial score (nSPS) is 20.9. The Hall–Kier alpha value is -4.26. The van der Waals surface area contributed by atoms with E-state index in [-0.39, 0.29) is 5.91 Å². The molecule has 164 valence electrons. The lowest BCUT2D eigenvalue weighted by Gasteiger charge is -2.23. The van der Waals surface area contributed by atoms with E-state index in [1.165, 1.54) is 11.9 Å². The van der Waals surface area contributed by atoms with Crippen molar-refractivity contribution in [1.29, 1.82) is 0 Å². The van der Waals surface area contributed by atoms with E-state index in [1.54, 1.807) is 6.20 Å². The molecule has 3 aliphatic heterocycles. The summed E-state index contributed by atoms with van der Waals surface area (Å²) in [5.74, 6) is 1.25. The molecule has 0 saturated heterocycles. The third kappa shape index (κ3) is 4.98. The van der Waals surface area contributed by atoms with Crippen molar-refractivity contribution in [2.24, 2.45) is 4.99 Å². The van der Waals surface area contributed by atoms with Crippen molar-refractivity contribution in [3.05, 3.63) is 95.6 Å². The molecule has 1 amide bonds. The topological polar surface area (TPSA) is 79.7 Å². The monoisotopic (exact) mass is 437 g/mol. The minimum Gasteiger partial charge on any atom is -0.489 e. The van der Waals surface area contributed by atoms with Gasteiger partial charge in [-0.3, -0.25) is 4.79 Å². The lowest BCUT2D eigenvalue weighted by Crippen LogP contribution is -2.33. The van der Waals surface area contributed by atoms with Gasteiger partial charge in [-0.15, -0.1) is 0 Å². The van der Waals surface area contributed by atoms with Crippen LogP contribution < -0.4 is 20.6 Å². The molecule has 7 nitrogen and oxygen atoms in total. The summed E-state index contributed by atoms with van der Waals surface area (Å²) in [4.78, 5) is 27.9. The molecule has 3 aromatic rings. The van der Waals surface area contributed by atoms with Crippen LogP contribution in [-0.4, -0.2) is 40.5 Å². The molecule has 1 N–H and O–H groups in total. The third-order valence-electron chi connectivity index (χ3n) is 5.49. The lowest BCUT2D eigenvalue weighted by molar-refractivity contribution is -0.120. The quantitative estimate of drug-likeness (QED) is 0.585. The second-order valence-electron chi connectivity index (χ2n) is 7.77. The molecule has 0 spiro atoms. The van der Waals surface area contributed by atoms with Crippen molar-refractivity contribution >= 4 is 28.7 Å². The number of ether oxygens (including phenoxy) is 1. The SMILES string of the molecule is O=C1CN2C=C/C(=C\COc3ccc4ncnc(c4c3)/N=c3/cccc/c3=C/C=C\N1)CC2. The van der Waals surface area contributed by atoms with E-state index >= 15 is 0 Å². The number of carbonyl (C=O) groups excluding carboxylic acids is 1. The number of aromatic nitrogens is 2. The average Bonchev–Trinajstić information content (AvgIpc) is 2.84. The molecular formula is C26H23N5O2. The number of rotatable bonds is 0. The number of carbonyl (C=O) groups is 1. The number of nitrogens with zero attached hydrogens (tertiary/aromatic N) is 4. The maximum absolute atomic E-state index is 12.3. The van der Waals surface area contributed by atoms with Gasteiger partial charge in [0.05, 0.1) is 17.4 Å². The zero-order valence-corrected chi connectivity index (χ0v) is 18.0. The summed E-state index contributed by atoms with van der Waals surface area (Å²) < 4.78 is 5.98. The second-order valence-corrected chi connectivity index (χ2v) is 7.77. The first-order valence-electron chi connectivity index (χ1n) is 10.8. The highest BCUT2D eigenvalue weighted by molar-refractivity contribution is 5.88. The Kier molecular flexibility index (Phi) is 5.93. The minimum atomic E-state index is -0.0608. The molecule has 33 heavy (non-hydrogen) atoms. The molecule has 0 atom stereocenters. The number of fused-ring (bicyclic) bond motifs is 7.